The van der Waals surface area contributed by atoms with Gasteiger partial charge in [-0.2, -0.15) is 0 Å². The highest BCUT2D eigenvalue weighted by atomic mass is 16.3. The first-order chi connectivity index (χ1) is 7.31. The van der Waals surface area contributed by atoms with Gasteiger partial charge < -0.3 is 10.0 Å². The molecule has 0 aromatic heterocycles. The van der Waals surface area contributed by atoms with Gasteiger partial charge >= 0.3 is 0 Å². The Labute approximate surface area is 93.7 Å². The van der Waals surface area contributed by atoms with E-state index in [2.05, 4.69) is 11.9 Å². The summed E-state index contributed by atoms with van der Waals surface area (Å²) in [5, 5.41) is 8.93. The average Bonchev–Trinajstić information content (AvgIpc) is 2.66. The van der Waals surface area contributed by atoms with Crippen LogP contribution in [0.1, 0.15) is 44.9 Å². The number of rotatable bonds is 3. The summed E-state index contributed by atoms with van der Waals surface area (Å²) in [4.78, 5) is 2.57. The maximum atomic E-state index is 8.93. The van der Waals surface area contributed by atoms with E-state index in [0.717, 1.165) is 24.3 Å². The fourth-order valence-electron chi connectivity index (χ4n) is 3.58. The van der Waals surface area contributed by atoms with Crippen LogP contribution >= 0.6 is 0 Å². The Kier molecular flexibility index (Phi) is 4.04. The molecule has 0 radical (unpaired) electrons. The van der Waals surface area contributed by atoms with Crippen molar-refractivity contribution >= 4 is 0 Å². The van der Waals surface area contributed by atoms with Gasteiger partial charge in [-0.3, -0.25) is 0 Å². The van der Waals surface area contributed by atoms with Crippen LogP contribution in [-0.4, -0.2) is 36.2 Å². The number of nitrogens with zero attached hydrogens (tertiary/aromatic N) is 1. The summed E-state index contributed by atoms with van der Waals surface area (Å²) in [5.41, 5.74) is 0. The average molecular weight is 211 g/mol. The molecule has 0 bridgehead atoms. The highest BCUT2D eigenvalue weighted by molar-refractivity contribution is 4.86. The van der Waals surface area contributed by atoms with Crippen LogP contribution in [0.25, 0.3) is 0 Å². The summed E-state index contributed by atoms with van der Waals surface area (Å²) in [7, 11) is 2.29. The smallest absolute Gasteiger partial charge is 0.0433 e. The lowest BCUT2D eigenvalue weighted by Crippen LogP contribution is -2.34. The Balaban J connectivity index is 1.77. The second kappa shape index (κ2) is 5.31. The topological polar surface area (TPSA) is 23.5 Å². The van der Waals surface area contributed by atoms with Gasteiger partial charge in [0, 0.05) is 12.6 Å². The van der Waals surface area contributed by atoms with Gasteiger partial charge in [0.05, 0.1) is 0 Å². The highest BCUT2D eigenvalue weighted by Gasteiger charge is 2.31. The molecule has 1 saturated carbocycles. The first-order valence-electron chi connectivity index (χ1n) is 6.62. The molecule has 0 unspecified atom stereocenters. The predicted octanol–water partition coefficient (Wildman–Crippen LogP) is 2.27. The number of aliphatic hydroxyl groups excluding tert-OH is 1. The number of likely N-dealkylation sites (tertiary alicyclic amines) is 1. The van der Waals surface area contributed by atoms with Gasteiger partial charge in [0.2, 0.25) is 0 Å². The van der Waals surface area contributed by atoms with Crippen LogP contribution in [0.15, 0.2) is 0 Å². The molecule has 0 amide bonds. The van der Waals surface area contributed by atoms with E-state index in [-0.39, 0.29) is 0 Å². The molecule has 2 heteroatoms. The van der Waals surface area contributed by atoms with Crippen molar-refractivity contribution in [1.29, 1.82) is 0 Å². The van der Waals surface area contributed by atoms with Gasteiger partial charge in [0.1, 0.15) is 0 Å². The van der Waals surface area contributed by atoms with Crippen molar-refractivity contribution in [2.45, 2.75) is 51.0 Å². The van der Waals surface area contributed by atoms with Crippen LogP contribution in [0.5, 0.6) is 0 Å². The maximum Gasteiger partial charge on any atom is 0.0433 e. The summed E-state index contributed by atoms with van der Waals surface area (Å²) in [5.74, 6) is 1.77. The minimum absolute atomic E-state index is 0.388. The third kappa shape index (κ3) is 2.73. The van der Waals surface area contributed by atoms with Crippen molar-refractivity contribution in [3.8, 4) is 0 Å². The minimum Gasteiger partial charge on any atom is -0.396 e. The molecule has 88 valence electrons. The Bertz CT molecular complexity index is 187. The molecule has 1 atom stereocenters. The second-order valence-corrected chi connectivity index (χ2v) is 5.48. The SMILES string of the molecule is CN1CCC[C@@H]1C1CCC(CCO)CC1. The van der Waals surface area contributed by atoms with Crippen molar-refractivity contribution in [3.05, 3.63) is 0 Å². The standard InChI is InChI=1S/C13H25NO/c1-14-9-2-3-13(14)12-6-4-11(5-7-12)8-10-15/h11-13,15H,2-10H2,1H3/t11?,12?,13-/m1/s1. The van der Waals surface area contributed by atoms with E-state index in [4.69, 9.17) is 5.11 Å². The molecule has 1 aliphatic carbocycles. The lowest BCUT2D eigenvalue weighted by atomic mass is 9.77. The van der Waals surface area contributed by atoms with Crippen molar-refractivity contribution in [2.75, 3.05) is 20.2 Å². The zero-order chi connectivity index (χ0) is 10.7. The van der Waals surface area contributed by atoms with E-state index in [1.807, 2.05) is 0 Å². The van der Waals surface area contributed by atoms with Crippen molar-refractivity contribution < 1.29 is 5.11 Å². The summed E-state index contributed by atoms with van der Waals surface area (Å²) in [6.45, 7) is 1.69. The normalized spacial score (nSPS) is 38.4. The van der Waals surface area contributed by atoms with Gasteiger partial charge in [-0.1, -0.05) is 12.8 Å². The third-order valence-electron chi connectivity index (χ3n) is 4.55. The predicted molar refractivity (Wildman–Crippen MR) is 62.8 cm³/mol. The summed E-state index contributed by atoms with van der Waals surface area (Å²) in [6.07, 6.45) is 9.38. The molecule has 15 heavy (non-hydrogen) atoms. The lowest BCUT2D eigenvalue weighted by Gasteiger charge is -2.35. The molecular formula is C13H25NO. The molecular weight excluding hydrogens is 186 g/mol. The van der Waals surface area contributed by atoms with E-state index in [1.165, 1.54) is 45.1 Å². The molecule has 1 heterocycles. The molecule has 1 N–H and O–H groups in total. The van der Waals surface area contributed by atoms with Crippen molar-refractivity contribution in [2.24, 2.45) is 11.8 Å². The summed E-state index contributed by atoms with van der Waals surface area (Å²) >= 11 is 0. The monoisotopic (exact) mass is 211 g/mol. The molecule has 0 spiro atoms. The number of hydrogen-bond donors (Lipinski definition) is 1. The van der Waals surface area contributed by atoms with Crippen LogP contribution in [0, 0.1) is 11.8 Å². The van der Waals surface area contributed by atoms with Gasteiger partial charge in [-0.05, 0) is 57.5 Å². The molecule has 2 rings (SSSR count). The van der Waals surface area contributed by atoms with Crippen LogP contribution in [0.2, 0.25) is 0 Å². The maximum absolute atomic E-state index is 8.93. The quantitative estimate of drug-likeness (QED) is 0.774. The molecule has 0 aromatic rings. The van der Waals surface area contributed by atoms with Crippen molar-refractivity contribution in [1.82, 2.24) is 4.90 Å². The number of aliphatic hydroxyl groups is 1. The molecule has 1 saturated heterocycles. The highest BCUT2D eigenvalue weighted by Crippen LogP contribution is 2.36. The number of hydrogen-bond acceptors (Lipinski definition) is 2. The van der Waals surface area contributed by atoms with E-state index in [0.29, 0.717) is 6.61 Å². The second-order valence-electron chi connectivity index (χ2n) is 5.48. The minimum atomic E-state index is 0.388. The van der Waals surface area contributed by atoms with Gasteiger partial charge in [-0.15, -0.1) is 0 Å². The summed E-state index contributed by atoms with van der Waals surface area (Å²) in [6, 6.07) is 0.875. The van der Waals surface area contributed by atoms with Crippen LogP contribution in [0.3, 0.4) is 0 Å². The lowest BCUT2D eigenvalue weighted by molar-refractivity contribution is 0.146. The first-order valence-corrected chi connectivity index (χ1v) is 6.62. The fraction of sp³-hybridized carbons (Fsp3) is 1.00. The van der Waals surface area contributed by atoms with E-state index in [1.54, 1.807) is 0 Å². The van der Waals surface area contributed by atoms with Crippen LogP contribution < -0.4 is 0 Å². The first kappa shape index (κ1) is 11.4. The van der Waals surface area contributed by atoms with Gasteiger partial charge in [0.25, 0.3) is 0 Å². The Morgan fingerprint density at radius 3 is 2.40 bits per heavy atom. The van der Waals surface area contributed by atoms with E-state index >= 15 is 0 Å². The van der Waals surface area contributed by atoms with Gasteiger partial charge in [-0.25, -0.2) is 0 Å². The molecule has 2 fully saturated rings. The zero-order valence-electron chi connectivity index (χ0n) is 9.99. The molecule has 2 nitrogen and oxygen atoms in total. The Morgan fingerprint density at radius 2 is 1.87 bits per heavy atom. The van der Waals surface area contributed by atoms with Gasteiger partial charge in [0.15, 0.2) is 0 Å². The largest absolute Gasteiger partial charge is 0.396 e. The summed E-state index contributed by atoms with van der Waals surface area (Å²) < 4.78 is 0. The van der Waals surface area contributed by atoms with E-state index < -0.39 is 0 Å². The molecule has 1 aliphatic heterocycles. The molecule has 0 aromatic carbocycles. The Hall–Kier alpha value is -0.0800. The van der Waals surface area contributed by atoms with Crippen LogP contribution in [0.4, 0.5) is 0 Å². The van der Waals surface area contributed by atoms with Crippen molar-refractivity contribution in [3.63, 3.8) is 0 Å². The van der Waals surface area contributed by atoms with Crippen LogP contribution in [-0.2, 0) is 0 Å². The van der Waals surface area contributed by atoms with E-state index in [9.17, 15) is 0 Å². The molecule has 2 aliphatic rings. The third-order valence-corrected chi connectivity index (χ3v) is 4.55. The zero-order valence-corrected chi connectivity index (χ0v) is 9.99. The Morgan fingerprint density at radius 1 is 1.13 bits per heavy atom. The fourth-order valence-corrected chi connectivity index (χ4v) is 3.58.